The second-order valence-corrected chi connectivity index (χ2v) is 14.7. The molecule has 2 aliphatic carbocycles. The maximum atomic E-state index is 13.7. The van der Waals surface area contributed by atoms with Crippen molar-refractivity contribution in [3.8, 4) is 0 Å². The second kappa shape index (κ2) is 12.1. The van der Waals surface area contributed by atoms with Crippen molar-refractivity contribution in [3.05, 3.63) is 29.8 Å². The van der Waals surface area contributed by atoms with Crippen molar-refractivity contribution in [2.75, 3.05) is 20.1 Å². The molecule has 2 amide bonds. The average molecular weight is 602 g/mol. The molecule has 12 heteroatoms. The van der Waals surface area contributed by atoms with E-state index in [2.05, 4.69) is 5.32 Å². The summed E-state index contributed by atoms with van der Waals surface area (Å²) in [5.74, 6) is -0.0227. The van der Waals surface area contributed by atoms with Crippen molar-refractivity contribution in [2.24, 2.45) is 17.8 Å². The van der Waals surface area contributed by atoms with Gasteiger partial charge in [0.1, 0.15) is 11.6 Å². The predicted molar refractivity (Wildman–Crippen MR) is 147 cm³/mol. The van der Waals surface area contributed by atoms with Gasteiger partial charge in [-0.1, -0.05) is 32.1 Å². The molecular formula is C29H42F3N3O5S. The highest BCUT2D eigenvalue weighted by Crippen LogP contribution is 2.41. The number of benzene rings is 1. The first-order valence-electron chi connectivity index (χ1n) is 14.5. The molecule has 1 aromatic rings. The van der Waals surface area contributed by atoms with Crippen molar-refractivity contribution in [1.82, 2.24) is 14.5 Å². The SMILES string of the molecule is CN(C(=O)OC(C)(C)C)[C@@H](CC1CCCCC1)C(=O)N[C@H]1CC[C@@H]2CN(S(=O)(=O)c3ccc(C(F)(F)F)cc3)C[C@@H]21. The number of alkyl halides is 3. The molecule has 3 fully saturated rings. The average Bonchev–Trinajstić information content (AvgIpc) is 3.48. The third kappa shape index (κ3) is 7.55. The van der Waals surface area contributed by atoms with Gasteiger partial charge >= 0.3 is 12.3 Å². The third-order valence-electron chi connectivity index (χ3n) is 8.70. The van der Waals surface area contributed by atoms with E-state index >= 15 is 0 Å². The predicted octanol–water partition coefficient (Wildman–Crippen LogP) is 5.43. The summed E-state index contributed by atoms with van der Waals surface area (Å²) in [6.45, 7) is 5.76. The van der Waals surface area contributed by atoms with Gasteiger partial charge < -0.3 is 10.1 Å². The van der Waals surface area contributed by atoms with Gasteiger partial charge in [-0.25, -0.2) is 13.2 Å². The lowest BCUT2D eigenvalue weighted by atomic mass is 9.84. The van der Waals surface area contributed by atoms with E-state index in [-0.39, 0.29) is 41.8 Å². The van der Waals surface area contributed by atoms with Gasteiger partial charge in [0, 0.05) is 26.2 Å². The van der Waals surface area contributed by atoms with Crippen LogP contribution in [0.2, 0.25) is 0 Å². The molecule has 1 saturated heterocycles. The minimum absolute atomic E-state index is 0.0323. The number of amides is 2. The number of ether oxygens (including phenoxy) is 1. The van der Waals surface area contributed by atoms with E-state index < -0.39 is 39.5 Å². The van der Waals surface area contributed by atoms with Crippen LogP contribution in [0.15, 0.2) is 29.2 Å². The van der Waals surface area contributed by atoms with Crippen LogP contribution < -0.4 is 5.32 Å². The molecule has 1 heterocycles. The Bertz CT molecular complexity index is 1190. The molecule has 8 nitrogen and oxygen atoms in total. The molecule has 3 aliphatic rings. The topological polar surface area (TPSA) is 96.0 Å². The number of sulfonamides is 1. The summed E-state index contributed by atoms with van der Waals surface area (Å²) < 4.78 is 72.2. The van der Waals surface area contributed by atoms with Gasteiger partial charge in [-0.15, -0.1) is 0 Å². The van der Waals surface area contributed by atoms with Crippen molar-refractivity contribution in [1.29, 1.82) is 0 Å². The summed E-state index contributed by atoms with van der Waals surface area (Å²) in [6.07, 6.45) is 2.25. The molecule has 0 bridgehead atoms. The minimum atomic E-state index is -4.55. The first-order valence-corrected chi connectivity index (χ1v) is 15.9. The summed E-state index contributed by atoms with van der Waals surface area (Å²) in [7, 11) is -2.40. The normalized spacial score (nSPS) is 25.0. The van der Waals surface area contributed by atoms with Crippen LogP contribution in [0.4, 0.5) is 18.0 Å². The molecule has 41 heavy (non-hydrogen) atoms. The number of hydrogen-bond donors (Lipinski definition) is 1. The summed E-state index contributed by atoms with van der Waals surface area (Å²) in [6, 6.07) is 2.57. The number of halogens is 3. The zero-order valence-corrected chi connectivity index (χ0v) is 25.1. The fourth-order valence-electron chi connectivity index (χ4n) is 6.48. The van der Waals surface area contributed by atoms with Crippen LogP contribution in [0.1, 0.15) is 77.7 Å². The van der Waals surface area contributed by atoms with Crippen LogP contribution in [0.3, 0.4) is 0 Å². The summed E-state index contributed by atoms with van der Waals surface area (Å²) in [5, 5.41) is 3.14. The Morgan fingerprint density at radius 1 is 1.02 bits per heavy atom. The number of hydrogen-bond acceptors (Lipinski definition) is 5. The third-order valence-corrected chi connectivity index (χ3v) is 10.5. The number of carbonyl (C=O) groups excluding carboxylic acids is 2. The number of carbonyl (C=O) groups is 2. The Labute approximate surface area is 241 Å². The molecule has 1 aromatic carbocycles. The van der Waals surface area contributed by atoms with Gasteiger partial charge in [0.25, 0.3) is 0 Å². The van der Waals surface area contributed by atoms with E-state index in [1.54, 1.807) is 27.8 Å². The monoisotopic (exact) mass is 601 g/mol. The zero-order valence-electron chi connectivity index (χ0n) is 24.2. The minimum Gasteiger partial charge on any atom is -0.444 e. The fourth-order valence-corrected chi connectivity index (χ4v) is 8.02. The second-order valence-electron chi connectivity index (χ2n) is 12.8. The first kappa shape index (κ1) is 31.6. The Hall–Kier alpha value is -2.34. The highest BCUT2D eigenvalue weighted by Gasteiger charge is 2.47. The van der Waals surface area contributed by atoms with Gasteiger partial charge in [-0.05, 0) is 82.1 Å². The van der Waals surface area contributed by atoms with E-state index in [4.69, 9.17) is 4.74 Å². The summed E-state index contributed by atoms with van der Waals surface area (Å²) >= 11 is 0. The lowest BCUT2D eigenvalue weighted by Gasteiger charge is -2.34. The zero-order chi connectivity index (χ0) is 30.2. The van der Waals surface area contributed by atoms with E-state index in [0.717, 1.165) is 56.4 Å². The van der Waals surface area contributed by atoms with Gasteiger partial charge in [-0.2, -0.15) is 17.5 Å². The standard InChI is InChI=1S/C29H42F3N3O5S/c1-28(2,3)40-27(37)34(4)25(16-19-8-6-5-7-9-19)26(36)33-24-15-10-20-17-35(18-23(20)24)41(38,39)22-13-11-21(12-14-22)29(30,31)32/h11-14,19-20,23-25H,5-10,15-18H2,1-4H3,(H,33,36)/t20-,23+,24+,25+/m1/s1. The van der Waals surface area contributed by atoms with Crippen LogP contribution in [-0.4, -0.2) is 67.4 Å². The molecular weight excluding hydrogens is 559 g/mol. The lowest BCUT2D eigenvalue weighted by molar-refractivity contribution is -0.137. The number of nitrogens with zero attached hydrogens (tertiary/aromatic N) is 2. The van der Waals surface area contributed by atoms with Crippen LogP contribution >= 0.6 is 0 Å². The van der Waals surface area contributed by atoms with Gasteiger partial charge in [-0.3, -0.25) is 9.69 Å². The maximum Gasteiger partial charge on any atom is 0.416 e. The van der Waals surface area contributed by atoms with Crippen molar-refractivity contribution >= 4 is 22.0 Å². The van der Waals surface area contributed by atoms with E-state index in [1.165, 1.54) is 15.6 Å². The Morgan fingerprint density at radius 2 is 1.66 bits per heavy atom. The van der Waals surface area contributed by atoms with Crippen molar-refractivity contribution in [2.45, 2.75) is 101 Å². The van der Waals surface area contributed by atoms with Crippen LogP contribution in [0.25, 0.3) is 0 Å². The fraction of sp³-hybridized carbons (Fsp3) is 0.724. The first-order chi connectivity index (χ1) is 19.1. The number of rotatable bonds is 7. The largest absolute Gasteiger partial charge is 0.444 e. The van der Waals surface area contributed by atoms with Crippen LogP contribution in [0.5, 0.6) is 0 Å². The number of fused-ring (bicyclic) bond motifs is 1. The Balaban J connectivity index is 1.45. The van der Waals surface area contributed by atoms with Gasteiger partial charge in [0.05, 0.1) is 10.5 Å². The quantitative estimate of drug-likeness (QED) is 0.450. The summed E-state index contributed by atoms with van der Waals surface area (Å²) in [4.78, 5) is 27.8. The summed E-state index contributed by atoms with van der Waals surface area (Å²) in [5.41, 5.74) is -1.61. The van der Waals surface area contributed by atoms with Gasteiger partial charge in [0.15, 0.2) is 0 Å². The molecule has 0 radical (unpaired) electrons. The number of likely N-dealkylation sites (N-methyl/N-ethyl adjacent to an activating group) is 1. The molecule has 0 aromatic heterocycles. The van der Waals surface area contributed by atoms with Crippen molar-refractivity contribution < 1.29 is 35.9 Å². The van der Waals surface area contributed by atoms with Crippen molar-refractivity contribution in [3.63, 3.8) is 0 Å². The van der Waals surface area contributed by atoms with E-state index in [0.29, 0.717) is 18.8 Å². The molecule has 2 saturated carbocycles. The lowest BCUT2D eigenvalue weighted by Crippen LogP contribution is -2.53. The molecule has 0 spiro atoms. The Morgan fingerprint density at radius 3 is 2.24 bits per heavy atom. The smallest absolute Gasteiger partial charge is 0.416 e. The van der Waals surface area contributed by atoms with Crippen LogP contribution in [0, 0.1) is 17.8 Å². The molecule has 1 N–H and O–H groups in total. The van der Waals surface area contributed by atoms with E-state index in [1.807, 2.05) is 0 Å². The highest BCUT2D eigenvalue weighted by molar-refractivity contribution is 7.89. The number of nitrogens with one attached hydrogen (secondary N) is 1. The Kier molecular flexibility index (Phi) is 9.33. The molecule has 4 rings (SSSR count). The van der Waals surface area contributed by atoms with E-state index in [9.17, 15) is 31.2 Å². The molecule has 4 atom stereocenters. The molecule has 1 aliphatic heterocycles. The van der Waals surface area contributed by atoms with Crippen LogP contribution in [-0.2, 0) is 25.7 Å². The maximum absolute atomic E-state index is 13.7. The highest BCUT2D eigenvalue weighted by atomic mass is 32.2. The molecule has 0 unspecified atom stereocenters. The molecule has 230 valence electrons. The van der Waals surface area contributed by atoms with Gasteiger partial charge in [0.2, 0.25) is 15.9 Å².